The van der Waals surface area contributed by atoms with Crippen LogP contribution in [0, 0.1) is 6.92 Å². The summed E-state index contributed by atoms with van der Waals surface area (Å²) in [5.74, 6) is 0.271. The number of ether oxygens (including phenoxy) is 1. The molecule has 6 heteroatoms. The molecule has 1 amide bonds. The van der Waals surface area contributed by atoms with E-state index in [1.54, 1.807) is 6.07 Å². The van der Waals surface area contributed by atoms with Crippen LogP contribution in [0.4, 0.5) is 11.4 Å². The number of anilines is 2. The van der Waals surface area contributed by atoms with Crippen molar-refractivity contribution in [2.45, 2.75) is 6.92 Å². The second-order valence-corrected chi connectivity index (χ2v) is 5.35. The van der Waals surface area contributed by atoms with Crippen molar-refractivity contribution in [1.82, 2.24) is 0 Å². The van der Waals surface area contributed by atoms with Gasteiger partial charge in [0.15, 0.2) is 6.61 Å². The summed E-state index contributed by atoms with van der Waals surface area (Å²) in [6.07, 6.45) is 0. The normalized spacial score (nSPS) is 10.2. The van der Waals surface area contributed by atoms with Gasteiger partial charge in [-0.25, -0.2) is 0 Å². The number of nitrogens with one attached hydrogen (secondary N) is 1. The molecule has 2 aromatic rings. The SMILES string of the molecule is Cc1cccc(OCC(=O)Nc2c(N)cc(Cl)cc2Cl)c1. The summed E-state index contributed by atoms with van der Waals surface area (Å²) in [5.41, 5.74) is 7.46. The quantitative estimate of drug-likeness (QED) is 0.838. The number of nitrogens with two attached hydrogens (primary N) is 1. The van der Waals surface area contributed by atoms with Crippen molar-refractivity contribution in [2.24, 2.45) is 0 Å². The van der Waals surface area contributed by atoms with Gasteiger partial charge in [-0.1, -0.05) is 35.3 Å². The molecule has 0 aliphatic heterocycles. The van der Waals surface area contributed by atoms with Crippen LogP contribution in [0.1, 0.15) is 5.56 Å². The number of benzene rings is 2. The van der Waals surface area contributed by atoms with Crippen LogP contribution in [0.3, 0.4) is 0 Å². The number of amides is 1. The van der Waals surface area contributed by atoms with E-state index in [9.17, 15) is 4.79 Å². The molecular weight excluding hydrogens is 311 g/mol. The second-order valence-electron chi connectivity index (χ2n) is 4.51. The van der Waals surface area contributed by atoms with E-state index in [1.807, 2.05) is 25.1 Å². The van der Waals surface area contributed by atoms with Crippen molar-refractivity contribution in [3.05, 3.63) is 52.0 Å². The number of aryl methyl sites for hydroxylation is 1. The molecule has 2 aromatic carbocycles. The zero-order valence-electron chi connectivity index (χ0n) is 11.3. The molecule has 0 aliphatic rings. The van der Waals surface area contributed by atoms with Gasteiger partial charge in [0, 0.05) is 5.02 Å². The first-order chi connectivity index (χ1) is 9.95. The second kappa shape index (κ2) is 6.70. The van der Waals surface area contributed by atoms with Gasteiger partial charge in [-0.15, -0.1) is 0 Å². The molecular formula is C15H14Cl2N2O2. The summed E-state index contributed by atoms with van der Waals surface area (Å²) in [4.78, 5) is 11.9. The molecule has 0 atom stereocenters. The number of nitrogen functional groups attached to an aromatic ring is 1. The average Bonchev–Trinajstić information content (AvgIpc) is 2.40. The third-order valence-corrected chi connectivity index (χ3v) is 3.23. The van der Waals surface area contributed by atoms with Gasteiger partial charge in [-0.05, 0) is 36.8 Å². The minimum Gasteiger partial charge on any atom is -0.484 e. The summed E-state index contributed by atoms with van der Waals surface area (Å²) in [6.45, 7) is 1.81. The molecule has 21 heavy (non-hydrogen) atoms. The minimum atomic E-state index is -0.354. The summed E-state index contributed by atoms with van der Waals surface area (Å²) in [7, 11) is 0. The van der Waals surface area contributed by atoms with Crippen LogP contribution in [0.25, 0.3) is 0 Å². The Morgan fingerprint density at radius 2 is 2.05 bits per heavy atom. The van der Waals surface area contributed by atoms with Crippen LogP contribution in [0.5, 0.6) is 5.75 Å². The van der Waals surface area contributed by atoms with E-state index in [1.165, 1.54) is 12.1 Å². The van der Waals surface area contributed by atoms with E-state index in [-0.39, 0.29) is 17.5 Å². The molecule has 0 saturated carbocycles. The van der Waals surface area contributed by atoms with Gasteiger partial charge in [0.1, 0.15) is 5.75 Å². The molecule has 110 valence electrons. The molecule has 4 nitrogen and oxygen atoms in total. The van der Waals surface area contributed by atoms with E-state index >= 15 is 0 Å². The number of hydrogen-bond donors (Lipinski definition) is 2. The fourth-order valence-corrected chi connectivity index (χ4v) is 2.31. The van der Waals surface area contributed by atoms with E-state index in [0.29, 0.717) is 22.1 Å². The Morgan fingerprint density at radius 3 is 2.71 bits per heavy atom. The van der Waals surface area contributed by atoms with Crippen LogP contribution in [-0.4, -0.2) is 12.5 Å². The summed E-state index contributed by atoms with van der Waals surface area (Å²) in [5, 5.41) is 3.30. The van der Waals surface area contributed by atoms with Gasteiger partial charge < -0.3 is 15.8 Å². The van der Waals surface area contributed by atoms with Crippen molar-refractivity contribution in [3.8, 4) is 5.75 Å². The van der Waals surface area contributed by atoms with Gasteiger partial charge in [0.05, 0.1) is 16.4 Å². The molecule has 0 aliphatic carbocycles. The summed E-state index contributed by atoms with van der Waals surface area (Å²) >= 11 is 11.8. The number of carbonyl (C=O) groups is 1. The highest BCUT2D eigenvalue weighted by Crippen LogP contribution is 2.31. The van der Waals surface area contributed by atoms with Gasteiger partial charge in [0.25, 0.3) is 5.91 Å². The molecule has 0 saturated heterocycles. The lowest BCUT2D eigenvalue weighted by Gasteiger charge is -2.11. The smallest absolute Gasteiger partial charge is 0.262 e. The van der Waals surface area contributed by atoms with Crippen LogP contribution < -0.4 is 15.8 Å². The maximum atomic E-state index is 11.9. The van der Waals surface area contributed by atoms with Crippen molar-refractivity contribution in [2.75, 3.05) is 17.7 Å². The van der Waals surface area contributed by atoms with E-state index in [4.69, 9.17) is 33.7 Å². The Kier molecular flexibility index (Phi) is 4.94. The van der Waals surface area contributed by atoms with E-state index in [2.05, 4.69) is 5.32 Å². The number of halogens is 2. The summed E-state index contributed by atoms with van der Waals surface area (Å²) < 4.78 is 5.40. The molecule has 0 fully saturated rings. The van der Waals surface area contributed by atoms with Crippen molar-refractivity contribution in [3.63, 3.8) is 0 Å². The Morgan fingerprint density at radius 1 is 1.29 bits per heavy atom. The lowest BCUT2D eigenvalue weighted by Crippen LogP contribution is -2.21. The monoisotopic (exact) mass is 324 g/mol. The maximum absolute atomic E-state index is 11.9. The van der Waals surface area contributed by atoms with Crippen LogP contribution in [0.15, 0.2) is 36.4 Å². The number of rotatable bonds is 4. The zero-order valence-corrected chi connectivity index (χ0v) is 12.8. The lowest BCUT2D eigenvalue weighted by molar-refractivity contribution is -0.118. The average molecular weight is 325 g/mol. The van der Waals surface area contributed by atoms with Crippen molar-refractivity contribution < 1.29 is 9.53 Å². The highest BCUT2D eigenvalue weighted by molar-refractivity contribution is 6.37. The van der Waals surface area contributed by atoms with Gasteiger partial charge >= 0.3 is 0 Å². The molecule has 0 heterocycles. The van der Waals surface area contributed by atoms with Crippen molar-refractivity contribution >= 4 is 40.5 Å². The first kappa shape index (κ1) is 15.5. The number of carbonyl (C=O) groups excluding carboxylic acids is 1. The van der Waals surface area contributed by atoms with E-state index in [0.717, 1.165) is 5.56 Å². The molecule has 0 unspecified atom stereocenters. The highest BCUT2D eigenvalue weighted by Gasteiger charge is 2.11. The third kappa shape index (κ3) is 4.28. The van der Waals surface area contributed by atoms with Gasteiger partial charge in [-0.3, -0.25) is 4.79 Å². The largest absolute Gasteiger partial charge is 0.484 e. The topological polar surface area (TPSA) is 64.3 Å². The molecule has 0 bridgehead atoms. The predicted octanol–water partition coefficient (Wildman–Crippen LogP) is 3.90. The predicted molar refractivity (Wildman–Crippen MR) is 86.2 cm³/mol. The van der Waals surface area contributed by atoms with Crippen molar-refractivity contribution in [1.29, 1.82) is 0 Å². The maximum Gasteiger partial charge on any atom is 0.262 e. The van der Waals surface area contributed by atoms with E-state index < -0.39 is 0 Å². The Hall–Kier alpha value is -1.91. The fraction of sp³-hybridized carbons (Fsp3) is 0.133. The number of hydrogen-bond acceptors (Lipinski definition) is 3. The Labute approximate surface area is 132 Å². The van der Waals surface area contributed by atoms with Crippen LogP contribution >= 0.6 is 23.2 Å². The first-order valence-corrected chi connectivity index (χ1v) is 6.95. The minimum absolute atomic E-state index is 0.137. The first-order valence-electron chi connectivity index (χ1n) is 6.19. The zero-order chi connectivity index (χ0) is 15.4. The summed E-state index contributed by atoms with van der Waals surface area (Å²) in [6, 6.07) is 10.5. The van der Waals surface area contributed by atoms with Crippen LogP contribution in [0.2, 0.25) is 10.0 Å². The fourth-order valence-electron chi connectivity index (χ4n) is 1.75. The molecule has 3 N–H and O–H groups in total. The molecule has 0 aromatic heterocycles. The third-order valence-electron chi connectivity index (χ3n) is 2.71. The highest BCUT2D eigenvalue weighted by atomic mass is 35.5. The molecule has 0 spiro atoms. The molecule has 0 radical (unpaired) electrons. The lowest BCUT2D eigenvalue weighted by atomic mass is 10.2. The Balaban J connectivity index is 1.99. The standard InChI is InChI=1S/C15H14Cl2N2O2/c1-9-3-2-4-11(5-9)21-8-14(20)19-15-12(17)6-10(16)7-13(15)18/h2-7H,8,18H2,1H3,(H,19,20). The van der Waals surface area contributed by atoms with Crippen LogP contribution in [-0.2, 0) is 4.79 Å². The molecule has 2 rings (SSSR count). The Bertz CT molecular complexity index is 651. The van der Waals surface area contributed by atoms with Gasteiger partial charge in [0.2, 0.25) is 0 Å². The van der Waals surface area contributed by atoms with Gasteiger partial charge in [-0.2, -0.15) is 0 Å².